The van der Waals surface area contributed by atoms with Gasteiger partial charge in [-0.1, -0.05) is 11.6 Å². The number of nitrogens with one attached hydrogen (secondary N) is 1. The van der Waals surface area contributed by atoms with Gasteiger partial charge in [-0.25, -0.2) is 4.98 Å². The van der Waals surface area contributed by atoms with Gasteiger partial charge in [-0.3, -0.25) is 4.79 Å². The van der Waals surface area contributed by atoms with Gasteiger partial charge >= 0.3 is 23.9 Å². The number of aromatic nitrogens is 4. The van der Waals surface area contributed by atoms with Crippen LogP contribution >= 0.6 is 11.6 Å². The molecule has 0 unspecified atom stereocenters. The van der Waals surface area contributed by atoms with E-state index in [0.717, 1.165) is 22.4 Å². The first kappa shape index (κ1) is 22.3. The van der Waals surface area contributed by atoms with Gasteiger partial charge in [0.1, 0.15) is 0 Å². The van der Waals surface area contributed by atoms with Crippen molar-refractivity contribution in [1.82, 2.24) is 14.8 Å². The van der Waals surface area contributed by atoms with Crippen LogP contribution in [0.25, 0.3) is 0 Å². The zero-order valence-electron chi connectivity index (χ0n) is 13.9. The van der Waals surface area contributed by atoms with E-state index in [9.17, 15) is 40.6 Å². The third-order valence-corrected chi connectivity index (χ3v) is 3.49. The van der Waals surface area contributed by atoms with E-state index in [1.165, 1.54) is 18.1 Å². The Kier molecular flexibility index (Phi) is 5.74. The van der Waals surface area contributed by atoms with Crippen LogP contribution in [0.1, 0.15) is 5.56 Å². The molecule has 0 aromatic carbocycles. The van der Waals surface area contributed by atoms with E-state index in [0.29, 0.717) is 6.20 Å². The Morgan fingerprint density at radius 1 is 1.28 bits per heavy atom. The molecule has 0 fully saturated rings. The molecule has 29 heavy (non-hydrogen) atoms. The quantitative estimate of drug-likeness (QED) is 0.320. The van der Waals surface area contributed by atoms with Crippen LogP contribution in [0.2, 0.25) is 5.02 Å². The van der Waals surface area contributed by atoms with Gasteiger partial charge in [-0.15, -0.1) is 14.5 Å². The maximum absolute atomic E-state index is 13.3. The molecule has 1 amide bonds. The summed E-state index contributed by atoms with van der Waals surface area (Å²) in [6, 6.07) is 0.785. The number of aryl methyl sites for hydroxylation is 1. The van der Waals surface area contributed by atoms with Crippen LogP contribution in [0, 0.1) is 0 Å². The Hall–Kier alpha value is -2.97. The monoisotopic (exact) mass is 448 g/mol. The lowest BCUT2D eigenvalue weighted by atomic mass is 10.1. The number of amides is 1. The summed E-state index contributed by atoms with van der Waals surface area (Å²) in [6.45, 7) is 0. The molecule has 0 radical (unpaired) electrons. The number of hydrogen-bond acceptors (Lipinski definition) is 5. The second kappa shape index (κ2) is 7.46. The van der Waals surface area contributed by atoms with Gasteiger partial charge in [0.25, 0.3) is 6.33 Å². The number of carbonyl (C=O) groups is 1. The summed E-state index contributed by atoms with van der Waals surface area (Å²) in [4.78, 5) is 14.6. The zero-order chi connectivity index (χ0) is 22.2. The summed E-state index contributed by atoms with van der Waals surface area (Å²) in [6.07, 6.45) is -3.55. The molecule has 2 aromatic heterocycles. The summed E-state index contributed by atoms with van der Waals surface area (Å²) >= 11 is 5.63. The highest BCUT2D eigenvalue weighted by Gasteiger charge is 2.76. The molecule has 1 N–H and O–H groups in total. The highest BCUT2D eigenvalue weighted by molar-refractivity contribution is 6.33. The second-order valence-corrected chi connectivity index (χ2v) is 5.77. The predicted molar refractivity (Wildman–Crippen MR) is 79.2 cm³/mol. The molecule has 0 aliphatic rings. The van der Waals surface area contributed by atoms with Crippen LogP contribution in [0.15, 0.2) is 30.0 Å². The van der Waals surface area contributed by atoms with Gasteiger partial charge in [0.15, 0.2) is 5.82 Å². The zero-order valence-corrected chi connectivity index (χ0v) is 14.6. The highest BCUT2D eigenvalue weighted by Crippen LogP contribution is 2.46. The van der Waals surface area contributed by atoms with Crippen molar-refractivity contribution < 1.29 is 45.3 Å². The Morgan fingerprint density at radius 3 is 2.38 bits per heavy atom. The summed E-state index contributed by atoms with van der Waals surface area (Å²) in [7, 11) is 1.53. The molecular weight excluding hydrogens is 441 g/mol. The first-order valence-electron chi connectivity index (χ1n) is 7.12. The van der Waals surface area contributed by atoms with Crippen LogP contribution in [-0.2, 0) is 11.8 Å². The molecular formula is C13H8ClF7N6O2. The van der Waals surface area contributed by atoms with Gasteiger partial charge in [0.05, 0.1) is 12.1 Å². The Labute approximate surface area is 161 Å². The van der Waals surface area contributed by atoms with E-state index in [1.807, 2.05) is 0 Å². The molecule has 0 saturated heterocycles. The number of alkyl halides is 7. The van der Waals surface area contributed by atoms with Crippen LogP contribution in [0.5, 0.6) is 0 Å². The minimum atomic E-state index is -6.69. The maximum Gasteiger partial charge on any atom is 0.460 e. The number of rotatable bonds is 5. The van der Waals surface area contributed by atoms with Crippen molar-refractivity contribution in [2.75, 3.05) is 5.32 Å². The molecule has 0 bridgehead atoms. The standard InChI is InChI=1S/C13H8ClF7N6O2/c1-26-5-27(4-23-26)25-9(28)6-2-7(14)8(22-3-6)24-10(29)11(15,16)12(17,18)13(19,20)21/h2-5H,1H3,(H-,22,24,25,28,29). The fourth-order valence-corrected chi connectivity index (χ4v) is 1.95. The van der Waals surface area contributed by atoms with Crippen molar-refractivity contribution in [2.45, 2.75) is 18.0 Å². The Morgan fingerprint density at radius 2 is 1.90 bits per heavy atom. The molecule has 8 nitrogen and oxygen atoms in total. The van der Waals surface area contributed by atoms with Crippen molar-refractivity contribution in [3.8, 4) is 0 Å². The summed E-state index contributed by atoms with van der Waals surface area (Å²) in [5, 5.41) is 19.6. The molecule has 16 heteroatoms. The van der Waals surface area contributed by atoms with Crippen LogP contribution in [0.4, 0.5) is 36.6 Å². The predicted octanol–water partition coefficient (Wildman–Crippen LogP) is 1.10. The number of anilines is 1. The summed E-state index contributed by atoms with van der Waals surface area (Å²) < 4.78 is 91.1. The third kappa shape index (κ3) is 4.38. The topological polar surface area (TPSA) is 99.1 Å². The lowest BCUT2D eigenvalue weighted by molar-refractivity contribution is -0.682. The molecule has 0 aliphatic heterocycles. The first-order valence-corrected chi connectivity index (χ1v) is 7.50. The number of halogens is 8. The van der Waals surface area contributed by atoms with Gasteiger partial charge in [-0.2, -0.15) is 30.7 Å². The van der Waals surface area contributed by atoms with Crippen LogP contribution in [-0.4, -0.2) is 44.6 Å². The molecule has 2 heterocycles. The lowest BCUT2D eigenvalue weighted by Gasteiger charge is -2.27. The highest BCUT2D eigenvalue weighted by atomic mass is 35.5. The van der Waals surface area contributed by atoms with E-state index in [4.69, 9.17) is 11.6 Å². The third-order valence-electron chi connectivity index (χ3n) is 3.20. The molecule has 2 aromatic rings. The largest absolute Gasteiger partial charge is 0.856 e. The average Bonchev–Trinajstić information content (AvgIpc) is 3.00. The molecule has 0 spiro atoms. The van der Waals surface area contributed by atoms with E-state index in [-0.39, 0.29) is 5.56 Å². The van der Waals surface area contributed by atoms with Crippen LogP contribution in [0.3, 0.4) is 0 Å². The first-order chi connectivity index (χ1) is 13.2. The van der Waals surface area contributed by atoms with Crippen molar-refractivity contribution in [2.24, 2.45) is 12.1 Å². The minimum absolute atomic E-state index is 0.309. The fraction of sp³-hybridized carbons (Fsp3) is 0.308. The Bertz CT molecular complexity index is 959. The lowest BCUT2D eigenvalue weighted by Crippen LogP contribution is -2.57. The maximum atomic E-state index is 13.3. The van der Waals surface area contributed by atoms with Crippen molar-refractivity contribution in [1.29, 1.82) is 0 Å². The average molecular weight is 449 g/mol. The van der Waals surface area contributed by atoms with Crippen LogP contribution < -0.4 is 15.1 Å². The fourth-order valence-electron chi connectivity index (χ4n) is 1.73. The van der Waals surface area contributed by atoms with Gasteiger partial charge in [0.2, 0.25) is 6.33 Å². The molecule has 0 saturated carbocycles. The molecule has 158 valence electrons. The SMILES string of the molecule is Cn1c[n+](N=C([O-])c2cnc(NC(=O)C(F)(F)C(F)(F)C(F)(F)F)c(Cl)c2)cn1. The Balaban J connectivity index is 2.25. The molecule has 2 rings (SSSR count). The smallest absolute Gasteiger partial charge is 0.460 e. The normalized spacial score (nSPS) is 13.5. The van der Waals surface area contributed by atoms with E-state index < -0.39 is 40.7 Å². The van der Waals surface area contributed by atoms with Crippen molar-refractivity contribution in [3.05, 3.63) is 35.5 Å². The molecule has 0 aliphatic carbocycles. The van der Waals surface area contributed by atoms with Gasteiger partial charge in [0, 0.05) is 22.8 Å². The summed E-state index contributed by atoms with van der Waals surface area (Å²) in [5.41, 5.74) is -0.309. The van der Waals surface area contributed by atoms with E-state index in [1.54, 1.807) is 0 Å². The van der Waals surface area contributed by atoms with E-state index >= 15 is 0 Å². The summed E-state index contributed by atoms with van der Waals surface area (Å²) in [5.74, 6) is -17.7. The number of nitrogens with zero attached hydrogens (tertiary/aromatic N) is 5. The van der Waals surface area contributed by atoms with Crippen molar-refractivity contribution in [3.63, 3.8) is 0 Å². The number of pyridine rings is 1. The second-order valence-electron chi connectivity index (χ2n) is 5.36. The number of carbonyl (C=O) groups excluding carboxylic acids is 1. The molecule has 0 atom stereocenters. The van der Waals surface area contributed by atoms with Crippen molar-refractivity contribution >= 4 is 29.2 Å². The van der Waals surface area contributed by atoms with Gasteiger partial charge < -0.3 is 10.4 Å². The van der Waals surface area contributed by atoms with Gasteiger partial charge in [-0.05, 0) is 6.07 Å². The number of hydrogen-bond donors (Lipinski definition) is 1. The van der Waals surface area contributed by atoms with E-state index in [2.05, 4.69) is 15.2 Å². The minimum Gasteiger partial charge on any atom is -0.856 e.